The number of hydrogen-bond donors (Lipinski definition) is 1. The zero-order valence-electron chi connectivity index (χ0n) is 9.94. The Morgan fingerprint density at radius 2 is 2.11 bits per heavy atom. The largest absolute Gasteiger partial charge is 0.398 e. The second-order valence-corrected chi connectivity index (χ2v) is 5.41. The first kappa shape index (κ1) is 11.5. The van der Waals surface area contributed by atoms with Crippen molar-refractivity contribution in [1.29, 1.82) is 0 Å². The normalized spacial score (nSPS) is 14.4. The molecule has 2 heterocycles. The third-order valence-electron chi connectivity index (χ3n) is 3.35. The molecule has 0 unspecified atom stereocenters. The molecule has 0 spiro atoms. The minimum Gasteiger partial charge on any atom is -0.398 e. The number of pyridine rings is 1. The van der Waals surface area contributed by atoms with Crippen molar-refractivity contribution in [2.24, 2.45) is 0 Å². The Kier molecular flexibility index (Phi) is 2.96. The molecule has 1 aromatic carbocycles. The third kappa shape index (κ3) is 2.08. The molecule has 0 saturated carbocycles. The lowest BCUT2D eigenvalue weighted by atomic mass is 9.98. The molecule has 0 aliphatic carbocycles. The van der Waals surface area contributed by atoms with Gasteiger partial charge in [0.25, 0.3) is 0 Å². The van der Waals surface area contributed by atoms with Crippen LogP contribution in [0.25, 0.3) is 0 Å². The van der Waals surface area contributed by atoms with Crippen LogP contribution < -0.4 is 10.6 Å². The van der Waals surface area contributed by atoms with Gasteiger partial charge in [0, 0.05) is 29.4 Å². The maximum Gasteiger partial charge on any atom is 0.128 e. The van der Waals surface area contributed by atoms with Crippen molar-refractivity contribution in [2.75, 3.05) is 17.2 Å². The van der Waals surface area contributed by atoms with Crippen molar-refractivity contribution in [3.63, 3.8) is 0 Å². The van der Waals surface area contributed by atoms with Gasteiger partial charge in [-0.05, 0) is 51.7 Å². The number of rotatable bonds is 1. The van der Waals surface area contributed by atoms with Crippen LogP contribution in [0.5, 0.6) is 0 Å². The number of aromatic nitrogens is 1. The minimum atomic E-state index is 0.844. The molecule has 0 bridgehead atoms. The highest BCUT2D eigenvalue weighted by Crippen LogP contribution is 2.27. The smallest absolute Gasteiger partial charge is 0.128 e. The van der Waals surface area contributed by atoms with Crippen LogP contribution in [-0.4, -0.2) is 11.5 Å². The number of hydrogen-bond acceptors (Lipinski definition) is 3. The molecule has 3 rings (SSSR count). The fraction of sp³-hybridized carbons (Fsp3) is 0.214. The zero-order valence-corrected chi connectivity index (χ0v) is 11.5. The van der Waals surface area contributed by atoms with Crippen molar-refractivity contribution in [1.82, 2.24) is 4.98 Å². The van der Waals surface area contributed by atoms with Crippen LogP contribution >= 0.6 is 15.9 Å². The van der Waals surface area contributed by atoms with E-state index in [1.807, 2.05) is 30.5 Å². The summed E-state index contributed by atoms with van der Waals surface area (Å²) >= 11 is 3.41. The van der Waals surface area contributed by atoms with Gasteiger partial charge in [0.2, 0.25) is 0 Å². The molecule has 0 amide bonds. The van der Waals surface area contributed by atoms with Crippen LogP contribution in [0.4, 0.5) is 11.5 Å². The summed E-state index contributed by atoms with van der Waals surface area (Å²) in [5, 5.41) is 0. The van der Waals surface area contributed by atoms with E-state index in [0.717, 1.165) is 35.5 Å². The second-order valence-electron chi connectivity index (χ2n) is 4.49. The molecule has 0 atom stereocenters. The summed E-state index contributed by atoms with van der Waals surface area (Å²) < 4.78 is 1.00. The molecular formula is C14H14BrN3. The molecule has 2 aromatic rings. The number of nitrogens with zero attached hydrogens (tertiary/aromatic N) is 2. The van der Waals surface area contributed by atoms with E-state index in [2.05, 4.69) is 31.9 Å². The fourth-order valence-electron chi connectivity index (χ4n) is 2.36. The van der Waals surface area contributed by atoms with Gasteiger partial charge in [0.15, 0.2) is 0 Å². The van der Waals surface area contributed by atoms with E-state index in [1.54, 1.807) is 0 Å². The van der Waals surface area contributed by atoms with Crippen LogP contribution in [0.3, 0.4) is 0 Å². The predicted octanol–water partition coefficient (Wildman–Crippen LogP) is 2.99. The molecular weight excluding hydrogens is 290 g/mol. The van der Waals surface area contributed by atoms with Crippen molar-refractivity contribution < 1.29 is 0 Å². The van der Waals surface area contributed by atoms with Gasteiger partial charge in [0.05, 0.1) is 0 Å². The maximum atomic E-state index is 6.05. The quantitative estimate of drug-likeness (QED) is 0.824. The second kappa shape index (κ2) is 4.61. The first-order chi connectivity index (χ1) is 8.74. The molecule has 2 N–H and O–H groups in total. The highest BCUT2D eigenvalue weighted by atomic mass is 79.9. The summed E-state index contributed by atoms with van der Waals surface area (Å²) in [5.74, 6) is 1.01. The first-order valence-corrected chi connectivity index (χ1v) is 6.76. The Hall–Kier alpha value is -1.55. The Labute approximate surface area is 115 Å². The standard InChI is InChI=1S/C14H14BrN3/c15-11-4-5-14(17-8-11)18-7-6-10-2-1-3-13(16)12(10)9-18/h1-5,8H,6-7,9,16H2. The molecule has 1 aromatic heterocycles. The third-order valence-corrected chi connectivity index (χ3v) is 3.81. The van der Waals surface area contributed by atoms with Gasteiger partial charge in [0.1, 0.15) is 5.82 Å². The lowest BCUT2D eigenvalue weighted by Gasteiger charge is -2.30. The predicted molar refractivity (Wildman–Crippen MR) is 77.5 cm³/mol. The Bertz CT molecular complexity index is 566. The highest BCUT2D eigenvalue weighted by Gasteiger charge is 2.18. The monoisotopic (exact) mass is 303 g/mol. The van der Waals surface area contributed by atoms with E-state index >= 15 is 0 Å². The Morgan fingerprint density at radius 1 is 1.22 bits per heavy atom. The molecule has 1 aliphatic heterocycles. The van der Waals surface area contributed by atoms with E-state index in [4.69, 9.17) is 5.73 Å². The maximum absolute atomic E-state index is 6.05. The summed E-state index contributed by atoms with van der Waals surface area (Å²) in [6.45, 7) is 1.84. The van der Waals surface area contributed by atoms with Crippen LogP contribution in [-0.2, 0) is 13.0 Å². The summed E-state index contributed by atoms with van der Waals surface area (Å²) in [6.07, 6.45) is 2.86. The number of anilines is 2. The summed E-state index contributed by atoms with van der Waals surface area (Å²) in [5.41, 5.74) is 9.54. The number of benzene rings is 1. The van der Waals surface area contributed by atoms with Gasteiger partial charge in [-0.25, -0.2) is 4.98 Å². The van der Waals surface area contributed by atoms with Crippen LogP contribution in [0, 0.1) is 0 Å². The highest BCUT2D eigenvalue weighted by molar-refractivity contribution is 9.10. The summed E-state index contributed by atoms with van der Waals surface area (Å²) in [7, 11) is 0. The van der Waals surface area contributed by atoms with Crippen molar-refractivity contribution in [3.05, 3.63) is 52.1 Å². The number of nitrogens with two attached hydrogens (primary N) is 1. The van der Waals surface area contributed by atoms with Gasteiger partial charge >= 0.3 is 0 Å². The lowest BCUT2D eigenvalue weighted by molar-refractivity contribution is 0.722. The van der Waals surface area contributed by atoms with E-state index in [0.29, 0.717) is 0 Å². The van der Waals surface area contributed by atoms with Crippen molar-refractivity contribution >= 4 is 27.4 Å². The van der Waals surface area contributed by atoms with Gasteiger partial charge in [-0.1, -0.05) is 12.1 Å². The van der Waals surface area contributed by atoms with Crippen molar-refractivity contribution in [3.8, 4) is 0 Å². The summed E-state index contributed by atoms with van der Waals surface area (Å²) in [4.78, 5) is 6.71. The minimum absolute atomic E-state index is 0.844. The SMILES string of the molecule is Nc1cccc2c1CN(c1ccc(Br)cn1)CC2. The number of nitrogen functional groups attached to an aromatic ring is 1. The Morgan fingerprint density at radius 3 is 2.89 bits per heavy atom. The fourth-order valence-corrected chi connectivity index (χ4v) is 2.59. The molecule has 92 valence electrons. The molecule has 3 nitrogen and oxygen atoms in total. The topological polar surface area (TPSA) is 42.1 Å². The van der Waals surface area contributed by atoms with Gasteiger partial charge in [-0.2, -0.15) is 0 Å². The van der Waals surface area contributed by atoms with E-state index in [1.165, 1.54) is 11.1 Å². The van der Waals surface area contributed by atoms with Gasteiger partial charge in [-0.3, -0.25) is 0 Å². The van der Waals surface area contributed by atoms with E-state index in [9.17, 15) is 0 Å². The van der Waals surface area contributed by atoms with E-state index < -0.39 is 0 Å². The lowest BCUT2D eigenvalue weighted by Crippen LogP contribution is -2.31. The number of halogens is 1. The molecule has 1 aliphatic rings. The summed E-state index contributed by atoms with van der Waals surface area (Å²) in [6, 6.07) is 10.2. The van der Waals surface area contributed by atoms with Crippen LogP contribution in [0.15, 0.2) is 41.0 Å². The molecule has 0 radical (unpaired) electrons. The molecule has 0 fully saturated rings. The Balaban J connectivity index is 1.90. The average Bonchev–Trinajstić information content (AvgIpc) is 2.40. The zero-order chi connectivity index (χ0) is 12.5. The van der Waals surface area contributed by atoms with Crippen LogP contribution in [0.1, 0.15) is 11.1 Å². The first-order valence-electron chi connectivity index (χ1n) is 5.97. The molecule has 0 saturated heterocycles. The van der Waals surface area contributed by atoms with E-state index in [-0.39, 0.29) is 0 Å². The number of fused-ring (bicyclic) bond motifs is 1. The van der Waals surface area contributed by atoms with Gasteiger partial charge in [-0.15, -0.1) is 0 Å². The average molecular weight is 304 g/mol. The van der Waals surface area contributed by atoms with Crippen LogP contribution in [0.2, 0.25) is 0 Å². The van der Waals surface area contributed by atoms with Crippen molar-refractivity contribution in [2.45, 2.75) is 13.0 Å². The molecule has 18 heavy (non-hydrogen) atoms. The van der Waals surface area contributed by atoms with Gasteiger partial charge < -0.3 is 10.6 Å². The molecule has 4 heteroatoms.